The second kappa shape index (κ2) is 9.00. The van der Waals surface area contributed by atoms with Crippen molar-refractivity contribution in [2.45, 2.75) is 6.92 Å². The first-order valence-corrected chi connectivity index (χ1v) is 9.43. The number of pyridine rings is 1. The lowest BCUT2D eigenvalue weighted by molar-refractivity contribution is 0.0556. The quantitative estimate of drug-likeness (QED) is 0.420. The number of ether oxygens (including phenoxy) is 4. The molecule has 0 radical (unpaired) electrons. The highest BCUT2D eigenvalue weighted by atomic mass is 35.5. The Kier molecular flexibility index (Phi) is 6.42. The van der Waals surface area contributed by atoms with E-state index in [9.17, 15) is 9.59 Å². The summed E-state index contributed by atoms with van der Waals surface area (Å²) in [5.74, 6) is -0.374. The summed E-state index contributed by atoms with van der Waals surface area (Å²) < 4.78 is 21.0. The molecule has 0 saturated carbocycles. The monoisotopic (exact) mass is 429 g/mol. The van der Waals surface area contributed by atoms with Crippen LogP contribution >= 0.6 is 11.6 Å². The number of esters is 2. The van der Waals surface area contributed by atoms with Crippen molar-refractivity contribution in [1.29, 1.82) is 0 Å². The summed E-state index contributed by atoms with van der Waals surface area (Å²) in [6.45, 7) is 2.28. The Balaban J connectivity index is 2.53. The van der Waals surface area contributed by atoms with Gasteiger partial charge in [-0.25, -0.2) is 14.6 Å². The van der Waals surface area contributed by atoms with Crippen molar-refractivity contribution in [3.05, 3.63) is 52.8 Å². The molecule has 0 N–H and O–H groups in total. The highest BCUT2D eigenvalue weighted by Gasteiger charge is 2.27. The van der Waals surface area contributed by atoms with E-state index in [1.165, 1.54) is 27.5 Å². The molecule has 2 aromatic carbocycles. The van der Waals surface area contributed by atoms with Crippen LogP contribution < -0.4 is 9.47 Å². The smallest absolute Gasteiger partial charge is 0.339 e. The van der Waals surface area contributed by atoms with E-state index in [4.69, 9.17) is 30.5 Å². The average molecular weight is 430 g/mol. The first kappa shape index (κ1) is 21.4. The van der Waals surface area contributed by atoms with Gasteiger partial charge in [-0.2, -0.15) is 0 Å². The Morgan fingerprint density at radius 1 is 1.00 bits per heavy atom. The number of hydrogen-bond acceptors (Lipinski definition) is 7. The lowest BCUT2D eigenvalue weighted by Gasteiger charge is -2.18. The maximum Gasteiger partial charge on any atom is 0.339 e. The topological polar surface area (TPSA) is 84.0 Å². The fraction of sp³-hybridized carbons (Fsp3) is 0.227. The second-order valence-electron chi connectivity index (χ2n) is 6.18. The number of rotatable bonds is 6. The molecule has 0 aliphatic carbocycles. The molecule has 0 saturated heterocycles. The van der Waals surface area contributed by atoms with Gasteiger partial charge < -0.3 is 18.9 Å². The largest absolute Gasteiger partial charge is 0.493 e. The molecule has 30 heavy (non-hydrogen) atoms. The van der Waals surface area contributed by atoms with E-state index >= 15 is 0 Å². The van der Waals surface area contributed by atoms with Crippen molar-refractivity contribution in [3.63, 3.8) is 0 Å². The van der Waals surface area contributed by atoms with Crippen molar-refractivity contribution in [1.82, 2.24) is 4.98 Å². The number of carbonyl (C=O) groups is 2. The third kappa shape index (κ3) is 3.89. The highest BCUT2D eigenvalue weighted by Crippen LogP contribution is 2.41. The Labute approximate surface area is 178 Å². The summed E-state index contributed by atoms with van der Waals surface area (Å²) in [5.41, 5.74) is 1.15. The van der Waals surface area contributed by atoms with Crippen molar-refractivity contribution >= 4 is 34.3 Å². The third-order valence-corrected chi connectivity index (χ3v) is 4.74. The first-order chi connectivity index (χ1) is 14.4. The van der Waals surface area contributed by atoms with Gasteiger partial charge in [-0.15, -0.1) is 0 Å². The van der Waals surface area contributed by atoms with Crippen LogP contribution in [0.2, 0.25) is 5.15 Å². The molecule has 7 nitrogen and oxygen atoms in total. The van der Waals surface area contributed by atoms with E-state index < -0.39 is 11.9 Å². The molecule has 0 aliphatic heterocycles. The standard InChI is InChI=1S/C22H20ClNO6/c1-5-30-17-9-13-8-15(21(25)28-3)20(22(26)29-4)19(14(13)11-16(17)27-2)12-6-7-24-18(23)10-12/h6-11H,5H2,1-4H3. The van der Waals surface area contributed by atoms with E-state index in [2.05, 4.69) is 4.98 Å². The first-order valence-electron chi connectivity index (χ1n) is 9.05. The van der Waals surface area contributed by atoms with Crippen molar-refractivity contribution in [3.8, 4) is 22.6 Å². The zero-order valence-corrected chi connectivity index (χ0v) is 17.7. The minimum absolute atomic E-state index is 0.0605. The summed E-state index contributed by atoms with van der Waals surface area (Å²) in [5, 5.41) is 1.53. The van der Waals surface area contributed by atoms with Gasteiger partial charge in [-0.3, -0.25) is 0 Å². The molecule has 3 aromatic rings. The molecule has 3 rings (SSSR count). The normalized spacial score (nSPS) is 10.6. The highest BCUT2D eigenvalue weighted by molar-refractivity contribution is 6.29. The van der Waals surface area contributed by atoms with Crippen molar-refractivity contribution in [2.24, 2.45) is 0 Å². The minimum atomic E-state index is -0.687. The number of hydrogen-bond donors (Lipinski definition) is 0. The zero-order valence-electron chi connectivity index (χ0n) is 16.9. The molecule has 0 amide bonds. The molecule has 0 unspecified atom stereocenters. The summed E-state index contributed by atoms with van der Waals surface area (Å²) in [7, 11) is 4.02. The zero-order chi connectivity index (χ0) is 21.8. The molecule has 1 heterocycles. The summed E-state index contributed by atoms with van der Waals surface area (Å²) in [6, 6.07) is 8.36. The van der Waals surface area contributed by atoms with Crippen LogP contribution in [0.1, 0.15) is 27.6 Å². The predicted octanol–water partition coefficient (Wildman–Crippen LogP) is 4.54. The summed E-state index contributed by atoms with van der Waals surface area (Å²) in [4.78, 5) is 29.3. The lowest BCUT2D eigenvalue weighted by atomic mass is 9.89. The lowest BCUT2D eigenvalue weighted by Crippen LogP contribution is -2.14. The van der Waals surface area contributed by atoms with Crippen LogP contribution in [-0.4, -0.2) is 44.9 Å². The molecule has 156 valence electrons. The van der Waals surface area contributed by atoms with Gasteiger partial charge >= 0.3 is 11.9 Å². The van der Waals surface area contributed by atoms with Gasteiger partial charge in [0.05, 0.1) is 39.1 Å². The maximum atomic E-state index is 12.8. The number of aromatic nitrogens is 1. The Morgan fingerprint density at radius 3 is 2.33 bits per heavy atom. The van der Waals surface area contributed by atoms with Crippen LogP contribution in [0, 0.1) is 0 Å². The fourth-order valence-corrected chi connectivity index (χ4v) is 3.45. The van der Waals surface area contributed by atoms with Gasteiger partial charge in [-0.1, -0.05) is 11.6 Å². The van der Waals surface area contributed by atoms with E-state index in [1.807, 2.05) is 6.92 Å². The van der Waals surface area contributed by atoms with Crippen LogP contribution in [0.15, 0.2) is 36.5 Å². The van der Waals surface area contributed by atoms with E-state index in [1.54, 1.807) is 30.3 Å². The van der Waals surface area contributed by atoms with Crippen LogP contribution in [0.3, 0.4) is 0 Å². The second-order valence-corrected chi connectivity index (χ2v) is 6.57. The van der Waals surface area contributed by atoms with Crippen LogP contribution in [0.5, 0.6) is 11.5 Å². The number of fused-ring (bicyclic) bond motifs is 1. The minimum Gasteiger partial charge on any atom is -0.493 e. The Morgan fingerprint density at radius 2 is 1.73 bits per heavy atom. The van der Waals surface area contributed by atoms with Crippen LogP contribution in [-0.2, 0) is 9.47 Å². The van der Waals surface area contributed by atoms with Crippen molar-refractivity contribution < 1.29 is 28.5 Å². The fourth-order valence-electron chi connectivity index (χ4n) is 3.28. The van der Waals surface area contributed by atoms with E-state index in [0.29, 0.717) is 40.0 Å². The molecule has 1 aromatic heterocycles. The number of halogens is 1. The van der Waals surface area contributed by atoms with Gasteiger partial charge in [0.15, 0.2) is 11.5 Å². The van der Waals surface area contributed by atoms with Gasteiger partial charge in [-0.05, 0) is 53.6 Å². The van der Waals surface area contributed by atoms with Gasteiger partial charge in [0, 0.05) is 11.8 Å². The number of methoxy groups -OCH3 is 3. The van der Waals surface area contributed by atoms with Gasteiger partial charge in [0.1, 0.15) is 5.15 Å². The predicted molar refractivity (Wildman–Crippen MR) is 113 cm³/mol. The molecule has 0 aliphatic rings. The number of benzene rings is 2. The molecule has 0 spiro atoms. The Bertz CT molecular complexity index is 1130. The third-order valence-electron chi connectivity index (χ3n) is 4.53. The SMILES string of the molecule is CCOc1cc2cc(C(=O)OC)c(C(=O)OC)c(-c3ccnc(Cl)c3)c2cc1OC. The van der Waals surface area contributed by atoms with Crippen molar-refractivity contribution in [2.75, 3.05) is 27.9 Å². The van der Waals surface area contributed by atoms with Crippen LogP contribution in [0.4, 0.5) is 0 Å². The van der Waals surface area contributed by atoms with E-state index in [0.717, 1.165) is 0 Å². The molecule has 0 atom stereocenters. The summed E-state index contributed by atoms with van der Waals surface area (Å²) >= 11 is 6.10. The summed E-state index contributed by atoms with van der Waals surface area (Å²) in [6.07, 6.45) is 1.52. The maximum absolute atomic E-state index is 12.8. The average Bonchev–Trinajstić information content (AvgIpc) is 2.76. The van der Waals surface area contributed by atoms with E-state index in [-0.39, 0.29) is 16.3 Å². The van der Waals surface area contributed by atoms with Crippen LogP contribution in [0.25, 0.3) is 21.9 Å². The Hall–Kier alpha value is -3.32. The molecule has 8 heteroatoms. The molecular formula is C22H20ClNO6. The van der Waals surface area contributed by atoms with Gasteiger partial charge in [0.25, 0.3) is 0 Å². The molecule has 0 bridgehead atoms. The number of nitrogens with zero attached hydrogens (tertiary/aromatic N) is 1. The molecule has 0 fully saturated rings. The molecular weight excluding hydrogens is 410 g/mol. The van der Waals surface area contributed by atoms with Gasteiger partial charge in [0.2, 0.25) is 0 Å². The number of carbonyl (C=O) groups excluding carboxylic acids is 2.